The third-order valence-electron chi connectivity index (χ3n) is 2.02. The summed E-state index contributed by atoms with van der Waals surface area (Å²) in [5.41, 5.74) is 0. The van der Waals surface area contributed by atoms with Gasteiger partial charge in [-0.05, 0) is 23.6 Å². The lowest BCUT2D eigenvalue weighted by Gasteiger charge is -2.16. The van der Waals surface area contributed by atoms with Crippen LogP contribution in [0, 0.1) is 11.8 Å². The van der Waals surface area contributed by atoms with Crippen LogP contribution in [-0.2, 0) is 0 Å². The third kappa shape index (κ3) is 2.47. The summed E-state index contributed by atoms with van der Waals surface area (Å²) in [6, 6.07) is 3.16. The highest BCUT2D eigenvalue weighted by atomic mass is 19.1. The molecule has 0 radical (unpaired) electrons. The molecular formula is C10H7F2NO4. The van der Waals surface area contributed by atoms with Gasteiger partial charge in [-0.3, -0.25) is 0 Å². The Morgan fingerprint density at radius 2 is 1.88 bits per heavy atom. The van der Waals surface area contributed by atoms with E-state index in [0.29, 0.717) is 0 Å². The van der Waals surface area contributed by atoms with E-state index in [1.54, 1.807) is 0 Å². The van der Waals surface area contributed by atoms with Crippen molar-refractivity contribution in [3.63, 3.8) is 0 Å². The Hall–Kier alpha value is -1.83. The predicted molar refractivity (Wildman–Crippen MR) is 51.7 cm³/mol. The van der Waals surface area contributed by atoms with E-state index in [1.807, 2.05) is 0 Å². The Morgan fingerprint density at radius 3 is 2.53 bits per heavy atom. The third-order valence-corrected chi connectivity index (χ3v) is 2.02. The number of ether oxygens (including phenoxy) is 1. The van der Waals surface area contributed by atoms with Crippen molar-refractivity contribution >= 4 is 10.8 Å². The fourth-order valence-electron chi connectivity index (χ4n) is 1.36. The summed E-state index contributed by atoms with van der Waals surface area (Å²) < 4.78 is 30.7. The zero-order valence-corrected chi connectivity index (χ0v) is 8.26. The van der Waals surface area contributed by atoms with Crippen LogP contribution in [0.1, 0.15) is 0 Å². The summed E-state index contributed by atoms with van der Waals surface area (Å²) in [5, 5.41) is 25.8. The van der Waals surface area contributed by atoms with E-state index in [0.717, 1.165) is 18.3 Å². The first-order chi connectivity index (χ1) is 7.87. The van der Waals surface area contributed by atoms with Gasteiger partial charge in [0.15, 0.2) is 11.6 Å². The quantitative estimate of drug-likeness (QED) is 0.528. The largest absolute Gasteiger partial charge is 0.453 e. The molecule has 0 saturated carbocycles. The van der Waals surface area contributed by atoms with Gasteiger partial charge in [0.05, 0.1) is 0 Å². The molecule has 1 aromatic heterocycles. The zero-order chi connectivity index (χ0) is 12.6. The maximum Gasteiger partial charge on any atom is 0.453 e. The number of nitrogens with zero attached hydrogens (tertiary/aromatic N) is 1. The minimum atomic E-state index is -3.50. The Balaban J connectivity index is 2.56. The highest BCUT2D eigenvalue weighted by Crippen LogP contribution is 2.27. The monoisotopic (exact) mass is 243 g/mol. The maximum atomic E-state index is 13.4. The first kappa shape index (κ1) is 11.6. The average Bonchev–Trinajstić information content (AvgIpc) is 2.19. The van der Waals surface area contributed by atoms with Crippen molar-refractivity contribution in [1.29, 1.82) is 0 Å². The van der Waals surface area contributed by atoms with Gasteiger partial charge in [-0.1, -0.05) is 0 Å². The number of fused-ring (bicyclic) bond motifs is 1. The van der Waals surface area contributed by atoms with Gasteiger partial charge >= 0.3 is 6.16 Å². The number of pyridine rings is 1. The van der Waals surface area contributed by atoms with E-state index in [9.17, 15) is 8.78 Å². The standard InChI is InChI=1S/C10H7F2NO4/c11-7-4-6-5(1-2-13-9(6)12)3-8(7)17-10(14,15)16/h1-4,14-16H. The molecular weight excluding hydrogens is 236 g/mol. The van der Waals surface area contributed by atoms with Gasteiger partial charge in [0.1, 0.15) is 0 Å². The number of benzene rings is 1. The van der Waals surface area contributed by atoms with Crippen LogP contribution in [0.3, 0.4) is 0 Å². The van der Waals surface area contributed by atoms with E-state index < -0.39 is 23.7 Å². The summed E-state index contributed by atoms with van der Waals surface area (Å²) in [5.74, 6) is -2.56. The van der Waals surface area contributed by atoms with E-state index in [1.165, 1.54) is 6.07 Å². The Bertz CT molecular complexity index is 568. The molecule has 0 atom stereocenters. The molecule has 0 spiro atoms. The van der Waals surface area contributed by atoms with Crippen LogP contribution in [0.2, 0.25) is 0 Å². The molecule has 0 saturated heterocycles. The van der Waals surface area contributed by atoms with Gasteiger partial charge in [-0.15, -0.1) is 0 Å². The first-order valence-electron chi connectivity index (χ1n) is 4.47. The molecule has 7 heteroatoms. The highest BCUT2D eigenvalue weighted by molar-refractivity contribution is 5.83. The summed E-state index contributed by atoms with van der Waals surface area (Å²) in [4.78, 5) is 3.33. The lowest BCUT2D eigenvalue weighted by Crippen LogP contribution is -2.34. The maximum absolute atomic E-state index is 13.4. The number of hydrogen-bond donors (Lipinski definition) is 3. The van der Waals surface area contributed by atoms with Crippen molar-refractivity contribution in [2.45, 2.75) is 6.16 Å². The van der Waals surface area contributed by atoms with Gasteiger partial charge < -0.3 is 20.1 Å². The SMILES string of the molecule is OC(O)(O)Oc1cc2ccnc(F)c2cc1F. The molecule has 0 fully saturated rings. The fraction of sp³-hybridized carbons (Fsp3) is 0.100. The lowest BCUT2D eigenvalue weighted by molar-refractivity contribution is -0.420. The van der Waals surface area contributed by atoms with Crippen LogP contribution < -0.4 is 4.74 Å². The number of hydrogen-bond acceptors (Lipinski definition) is 5. The number of aliphatic hydroxyl groups is 3. The molecule has 2 aromatic rings. The summed E-state index contributed by atoms with van der Waals surface area (Å²) in [6.07, 6.45) is -2.34. The minimum absolute atomic E-state index is 0.0863. The second kappa shape index (κ2) is 3.88. The molecule has 17 heavy (non-hydrogen) atoms. The summed E-state index contributed by atoms with van der Waals surface area (Å²) in [7, 11) is 0. The smallest absolute Gasteiger partial charge is 0.414 e. The van der Waals surface area contributed by atoms with Crippen LogP contribution in [-0.4, -0.2) is 26.5 Å². The van der Waals surface area contributed by atoms with Crippen LogP contribution >= 0.6 is 0 Å². The Morgan fingerprint density at radius 1 is 1.18 bits per heavy atom. The van der Waals surface area contributed by atoms with E-state index >= 15 is 0 Å². The van der Waals surface area contributed by atoms with Crippen molar-refractivity contribution < 1.29 is 28.8 Å². The average molecular weight is 243 g/mol. The Labute approximate surface area is 93.5 Å². The molecule has 0 aliphatic carbocycles. The lowest BCUT2D eigenvalue weighted by atomic mass is 10.1. The van der Waals surface area contributed by atoms with Crippen LogP contribution in [0.4, 0.5) is 8.78 Å². The zero-order valence-electron chi connectivity index (χ0n) is 8.26. The molecule has 0 aliphatic rings. The molecule has 1 aromatic carbocycles. The first-order valence-corrected chi connectivity index (χ1v) is 4.47. The fourth-order valence-corrected chi connectivity index (χ4v) is 1.36. The molecule has 0 amide bonds. The molecule has 2 rings (SSSR count). The van der Waals surface area contributed by atoms with Crippen molar-refractivity contribution in [3.05, 3.63) is 36.2 Å². The van der Waals surface area contributed by atoms with Gasteiger partial charge in [-0.25, -0.2) is 9.37 Å². The van der Waals surface area contributed by atoms with E-state index in [4.69, 9.17) is 15.3 Å². The second-order valence-electron chi connectivity index (χ2n) is 3.28. The Kier molecular flexibility index (Phi) is 2.66. The predicted octanol–water partition coefficient (Wildman–Crippen LogP) is 0.480. The van der Waals surface area contributed by atoms with Gasteiger partial charge in [0.2, 0.25) is 5.95 Å². The van der Waals surface area contributed by atoms with E-state index in [2.05, 4.69) is 9.72 Å². The van der Waals surface area contributed by atoms with Gasteiger partial charge in [0, 0.05) is 11.6 Å². The molecule has 0 aliphatic heterocycles. The summed E-state index contributed by atoms with van der Waals surface area (Å²) >= 11 is 0. The summed E-state index contributed by atoms with van der Waals surface area (Å²) in [6.45, 7) is 0. The molecule has 0 bridgehead atoms. The molecule has 5 nitrogen and oxygen atoms in total. The second-order valence-corrected chi connectivity index (χ2v) is 3.28. The highest BCUT2D eigenvalue weighted by Gasteiger charge is 2.23. The number of aromatic nitrogens is 1. The molecule has 90 valence electrons. The van der Waals surface area contributed by atoms with Gasteiger partial charge in [-0.2, -0.15) is 4.39 Å². The van der Waals surface area contributed by atoms with Gasteiger partial charge in [0.25, 0.3) is 0 Å². The minimum Gasteiger partial charge on any atom is -0.414 e. The normalized spacial score (nSPS) is 11.8. The van der Waals surface area contributed by atoms with Crippen molar-refractivity contribution in [2.75, 3.05) is 0 Å². The van der Waals surface area contributed by atoms with E-state index in [-0.39, 0.29) is 10.8 Å². The van der Waals surface area contributed by atoms with Crippen molar-refractivity contribution in [3.8, 4) is 5.75 Å². The molecule has 3 N–H and O–H groups in total. The molecule has 1 heterocycles. The van der Waals surface area contributed by atoms with Crippen LogP contribution in [0.5, 0.6) is 5.75 Å². The van der Waals surface area contributed by atoms with Crippen molar-refractivity contribution in [2.24, 2.45) is 0 Å². The number of rotatable bonds is 2. The van der Waals surface area contributed by atoms with Crippen LogP contribution in [0.25, 0.3) is 10.8 Å². The van der Waals surface area contributed by atoms with Crippen LogP contribution in [0.15, 0.2) is 24.4 Å². The molecule has 0 unspecified atom stereocenters. The van der Waals surface area contributed by atoms with Crippen molar-refractivity contribution in [1.82, 2.24) is 4.98 Å². The topological polar surface area (TPSA) is 82.8 Å². The number of halogens is 2.